The second-order valence-electron chi connectivity index (χ2n) is 4.05. The number of H-pyrrole nitrogens is 1. The Morgan fingerprint density at radius 3 is 2.74 bits per heavy atom. The Bertz CT molecular complexity index is 670. The molecule has 2 aromatic rings. The number of aromatic amines is 1. The third-order valence-electron chi connectivity index (χ3n) is 2.61. The lowest BCUT2D eigenvalue weighted by Crippen LogP contribution is -2.13. The highest BCUT2D eigenvalue weighted by molar-refractivity contribution is 9.10. The first kappa shape index (κ1) is 14.8. The zero-order chi connectivity index (χ0) is 14.0. The molecule has 100 valence electrons. The Hall–Kier alpha value is -0.650. The zero-order valence-electron chi connectivity index (χ0n) is 10.1. The lowest BCUT2D eigenvalue weighted by atomic mass is 10.2. The molecular formula is C13H11Br2ClN2O. The Morgan fingerprint density at radius 2 is 2.11 bits per heavy atom. The van der Waals surface area contributed by atoms with Crippen LogP contribution in [0.1, 0.15) is 19.0 Å². The minimum absolute atomic E-state index is 0.174. The molecule has 0 fully saturated rings. The van der Waals surface area contributed by atoms with Crippen LogP contribution in [0.3, 0.4) is 0 Å². The second kappa shape index (κ2) is 6.20. The lowest BCUT2D eigenvalue weighted by molar-refractivity contribution is 0.861. The van der Waals surface area contributed by atoms with Crippen molar-refractivity contribution >= 4 is 43.5 Å². The standard InChI is InChI=1S/C13H11Br2ClN2O/c1-2-3-10-11(15)13(19)18-12(17-10)7-4-5-8(14)9(16)6-7/h4-6H,2-3H2,1H3,(H,17,18,19). The van der Waals surface area contributed by atoms with Crippen LogP contribution >= 0.6 is 43.5 Å². The Kier molecular flexibility index (Phi) is 4.81. The first-order valence-corrected chi connectivity index (χ1v) is 7.73. The number of nitrogens with one attached hydrogen (secondary N) is 1. The Labute approximate surface area is 132 Å². The molecule has 1 N–H and O–H groups in total. The summed E-state index contributed by atoms with van der Waals surface area (Å²) in [6.45, 7) is 2.05. The van der Waals surface area contributed by atoms with E-state index in [9.17, 15) is 4.79 Å². The molecule has 1 aromatic heterocycles. The average molecular weight is 407 g/mol. The molecule has 0 bridgehead atoms. The highest BCUT2D eigenvalue weighted by Crippen LogP contribution is 2.27. The summed E-state index contributed by atoms with van der Waals surface area (Å²) in [5.74, 6) is 0.533. The SMILES string of the molecule is CCCc1nc(-c2ccc(Br)c(Cl)c2)[nH]c(=O)c1Br. The summed E-state index contributed by atoms with van der Waals surface area (Å²) in [5.41, 5.74) is 1.38. The highest BCUT2D eigenvalue weighted by Gasteiger charge is 2.10. The van der Waals surface area contributed by atoms with E-state index in [1.165, 1.54) is 0 Å². The van der Waals surface area contributed by atoms with E-state index in [0.717, 1.165) is 28.6 Å². The summed E-state index contributed by atoms with van der Waals surface area (Å²) >= 11 is 12.7. The van der Waals surface area contributed by atoms with Gasteiger partial charge in [0.2, 0.25) is 0 Å². The van der Waals surface area contributed by atoms with Crippen LogP contribution in [0.15, 0.2) is 31.9 Å². The molecule has 19 heavy (non-hydrogen) atoms. The number of halogens is 3. The van der Waals surface area contributed by atoms with Crippen LogP contribution in [0.4, 0.5) is 0 Å². The second-order valence-corrected chi connectivity index (χ2v) is 6.11. The van der Waals surface area contributed by atoms with E-state index in [0.29, 0.717) is 15.3 Å². The van der Waals surface area contributed by atoms with Crippen molar-refractivity contribution in [1.29, 1.82) is 0 Å². The number of hydrogen-bond acceptors (Lipinski definition) is 2. The molecule has 0 radical (unpaired) electrons. The molecule has 1 heterocycles. The van der Waals surface area contributed by atoms with Crippen LogP contribution in [0.25, 0.3) is 11.4 Å². The monoisotopic (exact) mass is 404 g/mol. The van der Waals surface area contributed by atoms with Gasteiger partial charge in [0.1, 0.15) is 10.3 Å². The summed E-state index contributed by atoms with van der Waals surface area (Å²) in [6, 6.07) is 5.46. The molecule has 0 aliphatic rings. The fourth-order valence-electron chi connectivity index (χ4n) is 1.69. The van der Waals surface area contributed by atoms with Gasteiger partial charge in [-0.25, -0.2) is 4.98 Å². The van der Waals surface area contributed by atoms with Crippen molar-refractivity contribution < 1.29 is 0 Å². The maximum absolute atomic E-state index is 11.9. The summed E-state index contributed by atoms with van der Waals surface area (Å²) < 4.78 is 1.31. The molecule has 0 saturated carbocycles. The third-order valence-corrected chi connectivity index (χ3v) is 4.66. The van der Waals surface area contributed by atoms with Crippen LogP contribution in [-0.4, -0.2) is 9.97 Å². The van der Waals surface area contributed by atoms with Crippen molar-refractivity contribution in [3.8, 4) is 11.4 Å². The highest BCUT2D eigenvalue weighted by atomic mass is 79.9. The summed E-state index contributed by atoms with van der Waals surface area (Å²) in [5, 5.41) is 0.583. The molecule has 6 heteroatoms. The van der Waals surface area contributed by atoms with Gasteiger partial charge < -0.3 is 4.98 Å². The van der Waals surface area contributed by atoms with Gasteiger partial charge in [-0.05, 0) is 50.4 Å². The number of rotatable bonds is 3. The molecule has 0 atom stereocenters. The van der Waals surface area contributed by atoms with Gasteiger partial charge in [-0.1, -0.05) is 31.0 Å². The molecule has 0 saturated heterocycles. The lowest BCUT2D eigenvalue weighted by Gasteiger charge is -2.07. The molecule has 2 rings (SSSR count). The summed E-state index contributed by atoms with van der Waals surface area (Å²) in [7, 11) is 0. The van der Waals surface area contributed by atoms with Crippen LogP contribution in [-0.2, 0) is 6.42 Å². The van der Waals surface area contributed by atoms with Crippen molar-refractivity contribution in [1.82, 2.24) is 9.97 Å². The maximum atomic E-state index is 11.9. The zero-order valence-corrected chi connectivity index (χ0v) is 14.1. The summed E-state index contributed by atoms with van der Waals surface area (Å²) in [6.07, 6.45) is 1.68. The van der Waals surface area contributed by atoms with E-state index >= 15 is 0 Å². The van der Waals surface area contributed by atoms with E-state index in [4.69, 9.17) is 11.6 Å². The molecule has 0 aliphatic heterocycles. The van der Waals surface area contributed by atoms with Crippen molar-refractivity contribution in [2.24, 2.45) is 0 Å². The van der Waals surface area contributed by atoms with Crippen LogP contribution in [0.2, 0.25) is 5.02 Å². The predicted molar refractivity (Wildman–Crippen MR) is 84.7 cm³/mol. The van der Waals surface area contributed by atoms with Crippen molar-refractivity contribution in [2.75, 3.05) is 0 Å². The smallest absolute Gasteiger partial charge is 0.265 e. The van der Waals surface area contributed by atoms with Gasteiger partial charge in [0.15, 0.2) is 0 Å². The van der Waals surface area contributed by atoms with E-state index in [-0.39, 0.29) is 5.56 Å². The number of aromatic nitrogens is 2. The number of hydrogen-bond donors (Lipinski definition) is 1. The van der Waals surface area contributed by atoms with Gasteiger partial charge in [0.25, 0.3) is 5.56 Å². The van der Waals surface area contributed by atoms with E-state index in [1.54, 1.807) is 6.07 Å². The van der Waals surface area contributed by atoms with Gasteiger partial charge in [-0.15, -0.1) is 0 Å². The minimum Gasteiger partial charge on any atom is -0.306 e. The Balaban J connectivity index is 2.56. The molecular weight excluding hydrogens is 395 g/mol. The maximum Gasteiger partial charge on any atom is 0.265 e. The van der Waals surface area contributed by atoms with Gasteiger partial charge in [-0.3, -0.25) is 4.79 Å². The van der Waals surface area contributed by atoms with Crippen molar-refractivity contribution in [3.63, 3.8) is 0 Å². The van der Waals surface area contributed by atoms with Crippen LogP contribution in [0, 0.1) is 0 Å². The van der Waals surface area contributed by atoms with Crippen LogP contribution < -0.4 is 5.56 Å². The van der Waals surface area contributed by atoms with E-state index in [1.807, 2.05) is 19.1 Å². The molecule has 1 aromatic carbocycles. The van der Waals surface area contributed by atoms with Gasteiger partial charge in [0, 0.05) is 10.0 Å². The van der Waals surface area contributed by atoms with Crippen LogP contribution in [0.5, 0.6) is 0 Å². The normalized spacial score (nSPS) is 10.7. The molecule has 3 nitrogen and oxygen atoms in total. The quantitative estimate of drug-likeness (QED) is 0.812. The largest absolute Gasteiger partial charge is 0.306 e. The number of nitrogens with zero attached hydrogens (tertiary/aromatic N) is 1. The average Bonchev–Trinajstić information content (AvgIpc) is 2.38. The number of benzene rings is 1. The van der Waals surface area contributed by atoms with E-state index < -0.39 is 0 Å². The fraction of sp³-hybridized carbons (Fsp3) is 0.231. The molecule has 0 aliphatic carbocycles. The topological polar surface area (TPSA) is 45.8 Å². The fourth-order valence-corrected chi connectivity index (χ4v) is 2.50. The first-order valence-electron chi connectivity index (χ1n) is 5.77. The molecule has 0 unspecified atom stereocenters. The van der Waals surface area contributed by atoms with Crippen molar-refractivity contribution in [3.05, 3.63) is 48.2 Å². The molecule has 0 amide bonds. The van der Waals surface area contributed by atoms with Gasteiger partial charge in [-0.2, -0.15) is 0 Å². The first-order chi connectivity index (χ1) is 9.02. The van der Waals surface area contributed by atoms with Gasteiger partial charge in [0.05, 0.1) is 10.7 Å². The third kappa shape index (κ3) is 3.27. The molecule has 0 spiro atoms. The predicted octanol–water partition coefficient (Wildman–Crippen LogP) is 4.57. The van der Waals surface area contributed by atoms with E-state index in [2.05, 4.69) is 41.8 Å². The van der Waals surface area contributed by atoms with Crippen molar-refractivity contribution in [2.45, 2.75) is 19.8 Å². The Morgan fingerprint density at radius 1 is 1.37 bits per heavy atom. The van der Waals surface area contributed by atoms with Gasteiger partial charge >= 0.3 is 0 Å². The minimum atomic E-state index is -0.174. The summed E-state index contributed by atoms with van der Waals surface area (Å²) in [4.78, 5) is 19.1. The number of aryl methyl sites for hydroxylation is 1.